The first-order valence-corrected chi connectivity index (χ1v) is 8.66. The minimum absolute atomic E-state index is 0.0145. The molecule has 0 saturated carbocycles. The maximum Gasteiger partial charge on any atom is 0.258 e. The van der Waals surface area contributed by atoms with Gasteiger partial charge in [0, 0.05) is 30.9 Å². The Bertz CT molecular complexity index is 854. The van der Waals surface area contributed by atoms with E-state index in [0.717, 1.165) is 42.6 Å². The van der Waals surface area contributed by atoms with Crippen LogP contribution >= 0.6 is 0 Å². The topological polar surface area (TPSA) is 58.4 Å². The number of carbonyl (C=O) groups excluding carboxylic acids is 1. The largest absolute Gasteiger partial charge is 0.463 e. The average Bonchev–Trinajstić information content (AvgIpc) is 3.31. The molecule has 25 heavy (non-hydrogen) atoms. The summed E-state index contributed by atoms with van der Waals surface area (Å²) in [5, 5.41) is 4.24. The van der Waals surface area contributed by atoms with Crippen molar-refractivity contribution in [1.82, 2.24) is 15.2 Å². The van der Waals surface area contributed by atoms with Gasteiger partial charge in [0.1, 0.15) is 11.8 Å². The predicted molar refractivity (Wildman–Crippen MR) is 96.2 cm³/mol. The Morgan fingerprint density at radius 1 is 1.28 bits per heavy atom. The molecule has 1 fully saturated rings. The molecule has 1 atom stereocenters. The first-order valence-electron chi connectivity index (χ1n) is 8.66. The number of rotatable bonds is 5. The van der Waals surface area contributed by atoms with Crippen molar-refractivity contribution in [2.45, 2.75) is 13.0 Å². The fourth-order valence-corrected chi connectivity index (χ4v) is 3.43. The number of carbonyl (C=O) groups is 1. The van der Waals surface area contributed by atoms with E-state index < -0.39 is 0 Å². The molecule has 2 aromatic heterocycles. The van der Waals surface area contributed by atoms with Crippen molar-refractivity contribution in [1.29, 1.82) is 0 Å². The number of pyridine rings is 1. The molecule has 128 valence electrons. The van der Waals surface area contributed by atoms with Crippen molar-refractivity contribution in [3.8, 4) is 0 Å². The van der Waals surface area contributed by atoms with Crippen molar-refractivity contribution >= 4 is 16.9 Å². The summed E-state index contributed by atoms with van der Waals surface area (Å²) in [7, 11) is 0. The number of nitrogens with one attached hydrogen (secondary N) is 1. The van der Waals surface area contributed by atoms with Gasteiger partial charge in [-0.15, -0.1) is 0 Å². The van der Waals surface area contributed by atoms with Gasteiger partial charge in [-0.25, -0.2) is 0 Å². The van der Waals surface area contributed by atoms with Crippen molar-refractivity contribution in [2.24, 2.45) is 5.92 Å². The molecule has 1 aliphatic heterocycles. The molecule has 0 aliphatic carbocycles. The minimum Gasteiger partial charge on any atom is -0.463 e. The standard InChI is InChI=1S/C20H21N3O2/c24-20(18-14-25-19-6-2-1-5-17(18)19)23(13-16-7-9-22-11-16)12-15-4-3-8-21-10-15/h1-6,8,10,14,16,22H,7,9,11-13H2/t16-/m1/s1. The summed E-state index contributed by atoms with van der Waals surface area (Å²) in [6.45, 7) is 3.28. The van der Waals surface area contributed by atoms with Crippen LogP contribution in [0.2, 0.25) is 0 Å². The highest BCUT2D eigenvalue weighted by atomic mass is 16.3. The van der Waals surface area contributed by atoms with E-state index in [1.54, 1.807) is 12.5 Å². The predicted octanol–water partition coefficient (Wildman–Crippen LogP) is 3.08. The molecule has 3 aromatic rings. The van der Waals surface area contributed by atoms with Crippen LogP contribution in [0.25, 0.3) is 11.0 Å². The second-order valence-corrected chi connectivity index (χ2v) is 6.55. The maximum absolute atomic E-state index is 13.2. The van der Waals surface area contributed by atoms with Crippen LogP contribution in [0.3, 0.4) is 0 Å². The molecule has 1 aliphatic rings. The number of nitrogens with zero attached hydrogens (tertiary/aromatic N) is 2. The third-order valence-corrected chi connectivity index (χ3v) is 4.74. The Morgan fingerprint density at radius 3 is 3.00 bits per heavy atom. The van der Waals surface area contributed by atoms with E-state index in [4.69, 9.17) is 4.42 Å². The Balaban J connectivity index is 1.62. The molecule has 1 amide bonds. The van der Waals surface area contributed by atoms with Crippen LogP contribution < -0.4 is 5.32 Å². The fraction of sp³-hybridized carbons (Fsp3) is 0.300. The number of aromatic nitrogens is 1. The van der Waals surface area contributed by atoms with Crippen LogP contribution in [0.1, 0.15) is 22.3 Å². The smallest absolute Gasteiger partial charge is 0.258 e. The highest BCUT2D eigenvalue weighted by molar-refractivity contribution is 6.05. The Morgan fingerprint density at radius 2 is 2.20 bits per heavy atom. The van der Waals surface area contributed by atoms with Gasteiger partial charge in [0.2, 0.25) is 0 Å². The molecule has 0 radical (unpaired) electrons. The van der Waals surface area contributed by atoms with Gasteiger partial charge in [-0.3, -0.25) is 9.78 Å². The monoisotopic (exact) mass is 335 g/mol. The van der Waals surface area contributed by atoms with Gasteiger partial charge >= 0.3 is 0 Å². The van der Waals surface area contributed by atoms with Gasteiger partial charge in [0.15, 0.2) is 0 Å². The molecular weight excluding hydrogens is 314 g/mol. The Hall–Kier alpha value is -2.66. The lowest BCUT2D eigenvalue weighted by atomic mass is 10.1. The summed E-state index contributed by atoms with van der Waals surface area (Å²) in [5.41, 5.74) is 2.41. The lowest BCUT2D eigenvalue weighted by molar-refractivity contribution is 0.0719. The number of hydrogen-bond acceptors (Lipinski definition) is 4. The van der Waals surface area contributed by atoms with Crippen LogP contribution in [0.5, 0.6) is 0 Å². The van der Waals surface area contributed by atoms with E-state index in [-0.39, 0.29) is 5.91 Å². The second-order valence-electron chi connectivity index (χ2n) is 6.55. The molecule has 4 rings (SSSR count). The van der Waals surface area contributed by atoms with E-state index in [2.05, 4.69) is 10.3 Å². The number of fused-ring (bicyclic) bond motifs is 1. The third kappa shape index (κ3) is 3.42. The van der Waals surface area contributed by atoms with Crippen LogP contribution in [0, 0.1) is 5.92 Å². The quantitative estimate of drug-likeness (QED) is 0.778. The van der Waals surface area contributed by atoms with Gasteiger partial charge in [-0.05, 0) is 43.1 Å². The lowest BCUT2D eigenvalue weighted by Crippen LogP contribution is -2.35. The number of benzene rings is 1. The van der Waals surface area contributed by atoms with Gasteiger partial charge in [-0.2, -0.15) is 0 Å². The van der Waals surface area contributed by atoms with Crippen molar-refractivity contribution < 1.29 is 9.21 Å². The molecule has 0 unspecified atom stereocenters. The highest BCUT2D eigenvalue weighted by Gasteiger charge is 2.25. The van der Waals surface area contributed by atoms with E-state index in [9.17, 15) is 4.79 Å². The normalized spacial score (nSPS) is 17.0. The van der Waals surface area contributed by atoms with Crippen molar-refractivity contribution in [3.63, 3.8) is 0 Å². The summed E-state index contributed by atoms with van der Waals surface area (Å²) < 4.78 is 5.57. The van der Waals surface area contributed by atoms with Gasteiger partial charge in [0.05, 0.1) is 5.56 Å². The highest BCUT2D eigenvalue weighted by Crippen LogP contribution is 2.24. The molecule has 0 bridgehead atoms. The number of amides is 1. The summed E-state index contributed by atoms with van der Waals surface area (Å²) in [4.78, 5) is 19.3. The molecule has 1 aromatic carbocycles. The first kappa shape index (κ1) is 15.8. The maximum atomic E-state index is 13.2. The van der Waals surface area contributed by atoms with E-state index >= 15 is 0 Å². The average molecular weight is 335 g/mol. The SMILES string of the molecule is O=C(c1coc2ccccc12)N(Cc1cccnc1)C[C@@H]1CCNC1. The summed E-state index contributed by atoms with van der Waals surface area (Å²) >= 11 is 0. The van der Waals surface area contributed by atoms with Gasteiger partial charge in [0.25, 0.3) is 5.91 Å². The second kappa shape index (κ2) is 7.07. The summed E-state index contributed by atoms with van der Waals surface area (Å²) in [6.07, 6.45) is 6.25. The molecule has 0 spiro atoms. The van der Waals surface area contributed by atoms with E-state index in [0.29, 0.717) is 18.0 Å². The zero-order valence-corrected chi connectivity index (χ0v) is 14.0. The molecular formula is C20H21N3O2. The number of para-hydroxylation sites is 1. The Kier molecular flexibility index (Phi) is 4.48. The summed E-state index contributed by atoms with van der Waals surface area (Å²) in [5.74, 6) is 0.500. The van der Waals surface area contributed by atoms with Crippen LogP contribution in [-0.4, -0.2) is 35.4 Å². The fourth-order valence-electron chi connectivity index (χ4n) is 3.43. The number of furan rings is 1. The zero-order valence-electron chi connectivity index (χ0n) is 14.0. The molecule has 5 nitrogen and oxygen atoms in total. The molecule has 1 saturated heterocycles. The zero-order chi connectivity index (χ0) is 17.1. The lowest BCUT2D eigenvalue weighted by Gasteiger charge is -2.25. The van der Waals surface area contributed by atoms with Crippen LogP contribution in [0.15, 0.2) is 59.5 Å². The van der Waals surface area contributed by atoms with E-state index in [1.165, 1.54) is 0 Å². The molecule has 1 N–H and O–H groups in total. The van der Waals surface area contributed by atoms with Gasteiger partial charge in [-0.1, -0.05) is 24.3 Å². The number of hydrogen-bond donors (Lipinski definition) is 1. The third-order valence-electron chi connectivity index (χ3n) is 4.74. The Labute approximate surface area is 146 Å². The van der Waals surface area contributed by atoms with Crippen LogP contribution in [-0.2, 0) is 6.54 Å². The first-order chi connectivity index (χ1) is 12.3. The molecule has 3 heterocycles. The van der Waals surface area contributed by atoms with Gasteiger partial charge < -0.3 is 14.6 Å². The van der Waals surface area contributed by atoms with E-state index in [1.807, 2.05) is 47.5 Å². The van der Waals surface area contributed by atoms with Crippen molar-refractivity contribution in [3.05, 3.63) is 66.2 Å². The summed E-state index contributed by atoms with van der Waals surface area (Å²) in [6, 6.07) is 11.6. The molecule has 5 heteroatoms. The minimum atomic E-state index is 0.0145. The van der Waals surface area contributed by atoms with Crippen LogP contribution in [0.4, 0.5) is 0 Å². The van der Waals surface area contributed by atoms with Crippen molar-refractivity contribution in [2.75, 3.05) is 19.6 Å².